The van der Waals surface area contributed by atoms with Crippen LogP contribution in [0, 0.1) is 47.3 Å². The van der Waals surface area contributed by atoms with E-state index in [1.807, 2.05) is 27.7 Å². The summed E-state index contributed by atoms with van der Waals surface area (Å²) in [6, 6.07) is 0. The molecule has 32 heavy (non-hydrogen) atoms. The molecule has 0 radical (unpaired) electrons. The minimum atomic E-state index is -0.380. The van der Waals surface area contributed by atoms with Gasteiger partial charge in [0.15, 0.2) is 0 Å². The van der Waals surface area contributed by atoms with Gasteiger partial charge in [-0.05, 0) is 49.9 Å². The lowest BCUT2D eigenvalue weighted by atomic mass is 9.40. The van der Waals surface area contributed by atoms with Crippen LogP contribution in [0.3, 0.4) is 0 Å². The average molecular weight is 443 g/mol. The molecule has 4 fully saturated rings. The zero-order valence-electron chi connectivity index (χ0n) is 19.4. The summed E-state index contributed by atoms with van der Waals surface area (Å²) in [6.07, 6.45) is 4.14. The topological polar surface area (TPSA) is 81.2 Å². The zero-order valence-corrected chi connectivity index (χ0v) is 19.4. The van der Waals surface area contributed by atoms with Crippen molar-refractivity contribution in [1.82, 2.24) is 19.6 Å². The summed E-state index contributed by atoms with van der Waals surface area (Å²) in [5.41, 5.74) is 0. The molecule has 6 rings (SSSR count). The van der Waals surface area contributed by atoms with Gasteiger partial charge in [-0.1, -0.05) is 39.8 Å². The van der Waals surface area contributed by atoms with Gasteiger partial charge in [-0.2, -0.15) is 0 Å². The highest BCUT2D eigenvalue weighted by atomic mass is 16.2. The predicted octanol–water partition coefficient (Wildman–Crippen LogP) is 0.849. The van der Waals surface area contributed by atoms with Crippen molar-refractivity contribution in [3.63, 3.8) is 0 Å². The van der Waals surface area contributed by atoms with E-state index in [9.17, 15) is 19.2 Å². The maximum absolute atomic E-state index is 13.4. The SMILES string of the molecule is CCN(CC)CN1C(=O)[C@@H]2[C@H]3C=C[C@@H]([C@@H]2C1=O)[C@H]1[C@H]2C(=O)N(CN(CC)CC)C(=O)[C@@H]2[C@H]31. The van der Waals surface area contributed by atoms with Crippen molar-refractivity contribution in [3.8, 4) is 0 Å². The normalized spacial score (nSPS) is 39.3. The Balaban J connectivity index is 1.41. The molecule has 0 aromatic heterocycles. The van der Waals surface area contributed by atoms with Crippen LogP contribution < -0.4 is 0 Å². The number of nitrogens with zero attached hydrogens (tertiary/aromatic N) is 4. The second kappa shape index (κ2) is 7.76. The maximum Gasteiger partial charge on any atom is 0.234 e. The molecule has 8 atom stereocenters. The van der Waals surface area contributed by atoms with Crippen LogP contribution in [0.25, 0.3) is 0 Å². The molecule has 6 aliphatic rings. The summed E-state index contributed by atoms with van der Waals surface area (Å²) in [7, 11) is 0. The Morgan fingerprint density at radius 2 is 0.906 bits per heavy atom. The van der Waals surface area contributed by atoms with E-state index in [2.05, 4.69) is 22.0 Å². The number of allylic oxidation sites excluding steroid dienone is 2. The molecular formula is C24H34N4O4. The fourth-order valence-corrected chi connectivity index (χ4v) is 7.25. The number of hydrogen-bond donors (Lipinski definition) is 0. The molecule has 2 aliphatic heterocycles. The van der Waals surface area contributed by atoms with Crippen LogP contribution in [0.1, 0.15) is 27.7 Å². The van der Waals surface area contributed by atoms with Crippen molar-refractivity contribution in [2.45, 2.75) is 27.7 Å². The molecule has 8 heteroatoms. The number of hydrogen-bond acceptors (Lipinski definition) is 6. The van der Waals surface area contributed by atoms with Crippen LogP contribution in [0.4, 0.5) is 0 Å². The highest BCUT2D eigenvalue weighted by molar-refractivity contribution is 6.09. The molecule has 0 spiro atoms. The van der Waals surface area contributed by atoms with Crippen molar-refractivity contribution in [3.05, 3.63) is 12.2 Å². The third-order valence-corrected chi connectivity index (χ3v) is 9.00. The minimum Gasteiger partial charge on any atom is -0.286 e. The summed E-state index contributed by atoms with van der Waals surface area (Å²) in [5.74, 6) is -2.02. The summed E-state index contributed by atoms with van der Waals surface area (Å²) in [4.78, 5) is 60.4. The summed E-state index contributed by atoms with van der Waals surface area (Å²) in [5, 5.41) is 0. The van der Waals surface area contributed by atoms with E-state index < -0.39 is 0 Å². The Kier molecular flexibility index (Phi) is 5.28. The Hall–Kier alpha value is -2.06. The Bertz CT molecular complexity index is 823. The number of likely N-dealkylation sites (tertiary alicyclic amines) is 2. The van der Waals surface area contributed by atoms with Gasteiger partial charge in [0.05, 0.1) is 37.0 Å². The molecule has 0 aromatic carbocycles. The van der Waals surface area contributed by atoms with Gasteiger partial charge in [-0.3, -0.25) is 38.8 Å². The van der Waals surface area contributed by atoms with Crippen LogP contribution >= 0.6 is 0 Å². The highest BCUT2D eigenvalue weighted by Crippen LogP contribution is 2.68. The molecule has 2 heterocycles. The molecule has 8 nitrogen and oxygen atoms in total. The molecule has 0 unspecified atom stereocenters. The van der Waals surface area contributed by atoms with Gasteiger partial charge in [0.1, 0.15) is 0 Å². The van der Waals surface area contributed by atoms with Gasteiger partial charge in [0.25, 0.3) is 0 Å². The molecule has 2 bridgehead atoms. The summed E-state index contributed by atoms with van der Waals surface area (Å²) >= 11 is 0. The van der Waals surface area contributed by atoms with Crippen molar-refractivity contribution < 1.29 is 19.2 Å². The molecule has 4 amide bonds. The number of amides is 4. The van der Waals surface area contributed by atoms with Gasteiger partial charge in [0.2, 0.25) is 23.6 Å². The Morgan fingerprint density at radius 3 is 1.22 bits per heavy atom. The Labute approximate surface area is 189 Å². The molecule has 174 valence electrons. The van der Waals surface area contributed by atoms with Crippen LogP contribution in [0.2, 0.25) is 0 Å². The molecular weight excluding hydrogens is 408 g/mol. The van der Waals surface area contributed by atoms with E-state index in [-0.39, 0.29) is 71.0 Å². The van der Waals surface area contributed by atoms with Crippen molar-refractivity contribution in [1.29, 1.82) is 0 Å². The first-order chi connectivity index (χ1) is 15.4. The summed E-state index contributed by atoms with van der Waals surface area (Å²) < 4.78 is 0. The fraction of sp³-hybridized carbons (Fsp3) is 0.750. The van der Waals surface area contributed by atoms with Crippen molar-refractivity contribution in [2.24, 2.45) is 47.3 Å². The number of fused-ring (bicyclic) bond motifs is 1. The standard InChI is InChI=1S/C24H34N4O4/c1-5-25(6-2)11-27-21(29)17-13-9-10-14(18(17)22(27)30)16-15(13)19-20(16)24(32)28(23(19)31)12-26(7-3)8-4/h9-10,13-20H,5-8,11-12H2,1-4H3/t13-,14+,15-,16-,17+,18-,19-,20-/m1/s1. The quantitative estimate of drug-likeness (QED) is 0.410. The lowest BCUT2D eigenvalue weighted by Gasteiger charge is -2.60. The van der Waals surface area contributed by atoms with Crippen LogP contribution in [-0.2, 0) is 19.2 Å². The van der Waals surface area contributed by atoms with E-state index in [1.165, 1.54) is 9.80 Å². The van der Waals surface area contributed by atoms with E-state index in [0.717, 1.165) is 26.2 Å². The maximum atomic E-state index is 13.4. The second-order valence-corrected chi connectivity index (χ2v) is 9.90. The third kappa shape index (κ3) is 2.68. The predicted molar refractivity (Wildman–Crippen MR) is 116 cm³/mol. The summed E-state index contributed by atoms with van der Waals surface area (Å²) in [6.45, 7) is 11.9. The molecule has 2 saturated heterocycles. The van der Waals surface area contributed by atoms with E-state index in [0.29, 0.717) is 13.3 Å². The second-order valence-electron chi connectivity index (χ2n) is 9.90. The van der Waals surface area contributed by atoms with E-state index >= 15 is 0 Å². The van der Waals surface area contributed by atoms with Gasteiger partial charge >= 0.3 is 0 Å². The fourth-order valence-electron chi connectivity index (χ4n) is 7.25. The van der Waals surface area contributed by atoms with Crippen molar-refractivity contribution in [2.75, 3.05) is 39.5 Å². The number of carbonyl (C=O) groups is 4. The van der Waals surface area contributed by atoms with Crippen LogP contribution in [-0.4, -0.2) is 82.7 Å². The zero-order chi connectivity index (χ0) is 22.9. The lowest BCUT2D eigenvalue weighted by Crippen LogP contribution is -2.63. The van der Waals surface area contributed by atoms with E-state index in [1.54, 1.807) is 0 Å². The largest absolute Gasteiger partial charge is 0.286 e. The highest BCUT2D eigenvalue weighted by Gasteiger charge is 2.75. The molecule has 2 saturated carbocycles. The van der Waals surface area contributed by atoms with Gasteiger partial charge in [-0.15, -0.1) is 0 Å². The van der Waals surface area contributed by atoms with Crippen LogP contribution in [0.5, 0.6) is 0 Å². The van der Waals surface area contributed by atoms with Gasteiger partial charge < -0.3 is 0 Å². The number of imide groups is 2. The smallest absolute Gasteiger partial charge is 0.234 e. The van der Waals surface area contributed by atoms with E-state index in [4.69, 9.17) is 0 Å². The Morgan fingerprint density at radius 1 is 0.594 bits per heavy atom. The van der Waals surface area contributed by atoms with Crippen LogP contribution in [0.15, 0.2) is 12.2 Å². The van der Waals surface area contributed by atoms with Gasteiger partial charge in [-0.25, -0.2) is 0 Å². The third-order valence-electron chi connectivity index (χ3n) is 9.00. The van der Waals surface area contributed by atoms with Gasteiger partial charge in [0, 0.05) is 0 Å². The first-order valence-electron chi connectivity index (χ1n) is 12.2. The van der Waals surface area contributed by atoms with Crippen molar-refractivity contribution >= 4 is 23.6 Å². The molecule has 0 aromatic rings. The monoisotopic (exact) mass is 442 g/mol. The first-order valence-corrected chi connectivity index (χ1v) is 12.2. The molecule has 0 N–H and O–H groups in total. The number of rotatable bonds is 8. The molecule has 4 aliphatic carbocycles. The average Bonchev–Trinajstić information content (AvgIpc) is 3.15. The lowest BCUT2D eigenvalue weighted by molar-refractivity contribution is -0.166. The first kappa shape index (κ1) is 21.8. The minimum absolute atomic E-state index is 0.000411. The number of carbonyl (C=O) groups excluding carboxylic acids is 4.